The van der Waals surface area contributed by atoms with Crippen molar-refractivity contribution in [2.75, 3.05) is 33.3 Å². The molecule has 0 spiro atoms. The lowest BCUT2D eigenvalue weighted by Crippen LogP contribution is -2.45. The van der Waals surface area contributed by atoms with Crippen molar-refractivity contribution in [3.05, 3.63) is 22.4 Å². The molecule has 2 rings (SSSR count). The van der Waals surface area contributed by atoms with Gasteiger partial charge in [-0.1, -0.05) is 6.07 Å². The molecule has 90 valence electrons. The van der Waals surface area contributed by atoms with E-state index in [0.717, 1.165) is 26.2 Å². The highest BCUT2D eigenvalue weighted by molar-refractivity contribution is 7.10. The zero-order chi connectivity index (χ0) is 11.4. The van der Waals surface area contributed by atoms with Gasteiger partial charge in [0.25, 0.3) is 0 Å². The van der Waals surface area contributed by atoms with Crippen LogP contribution in [0.1, 0.15) is 17.8 Å². The third kappa shape index (κ3) is 3.28. The van der Waals surface area contributed by atoms with Crippen molar-refractivity contribution in [1.82, 2.24) is 10.2 Å². The number of hydrogen-bond acceptors (Lipinski definition) is 4. The number of hydrogen-bond donors (Lipinski definition) is 1. The molecule has 0 aliphatic carbocycles. The first kappa shape index (κ1) is 12.0. The third-order valence-electron chi connectivity index (χ3n) is 2.96. The van der Waals surface area contributed by atoms with Crippen LogP contribution in [0.25, 0.3) is 0 Å². The van der Waals surface area contributed by atoms with E-state index in [9.17, 15) is 0 Å². The number of thiophene rings is 1. The Morgan fingerprint density at radius 1 is 1.69 bits per heavy atom. The molecule has 0 bridgehead atoms. The fourth-order valence-corrected chi connectivity index (χ4v) is 2.70. The molecule has 0 amide bonds. The summed E-state index contributed by atoms with van der Waals surface area (Å²) in [5.41, 5.74) is 0. The van der Waals surface area contributed by atoms with Crippen LogP contribution >= 0.6 is 11.3 Å². The van der Waals surface area contributed by atoms with E-state index in [1.54, 1.807) is 11.3 Å². The highest BCUT2D eigenvalue weighted by atomic mass is 32.1. The molecule has 2 heterocycles. The minimum absolute atomic E-state index is 0.334. The van der Waals surface area contributed by atoms with Crippen molar-refractivity contribution in [3.63, 3.8) is 0 Å². The number of rotatable bonds is 4. The zero-order valence-electron chi connectivity index (χ0n) is 9.98. The van der Waals surface area contributed by atoms with Gasteiger partial charge in [-0.2, -0.15) is 0 Å². The van der Waals surface area contributed by atoms with Gasteiger partial charge in [0, 0.05) is 30.6 Å². The van der Waals surface area contributed by atoms with Crippen LogP contribution in [0.3, 0.4) is 0 Å². The summed E-state index contributed by atoms with van der Waals surface area (Å²) in [6, 6.07) is 4.70. The Kier molecular flexibility index (Phi) is 4.35. The van der Waals surface area contributed by atoms with Crippen molar-refractivity contribution in [1.29, 1.82) is 0 Å². The fraction of sp³-hybridized carbons (Fsp3) is 0.667. The monoisotopic (exact) mass is 240 g/mol. The summed E-state index contributed by atoms with van der Waals surface area (Å²) in [6.07, 6.45) is 0.334. The molecule has 3 nitrogen and oxygen atoms in total. The molecule has 1 aromatic heterocycles. The molecule has 0 saturated carbocycles. The van der Waals surface area contributed by atoms with Crippen molar-refractivity contribution in [2.45, 2.75) is 19.1 Å². The number of nitrogens with zero attached hydrogens (tertiary/aromatic N) is 1. The van der Waals surface area contributed by atoms with Crippen LogP contribution in [0.5, 0.6) is 0 Å². The minimum atomic E-state index is 0.334. The van der Waals surface area contributed by atoms with Crippen molar-refractivity contribution >= 4 is 11.3 Å². The molecule has 1 aliphatic heterocycles. The van der Waals surface area contributed by atoms with Gasteiger partial charge in [0.15, 0.2) is 0 Å². The maximum Gasteiger partial charge on any atom is 0.0826 e. The molecule has 1 aliphatic rings. The van der Waals surface area contributed by atoms with Crippen LogP contribution in [0.15, 0.2) is 17.5 Å². The molecule has 1 N–H and O–H groups in total. The largest absolute Gasteiger partial charge is 0.374 e. The highest BCUT2D eigenvalue weighted by Gasteiger charge is 2.18. The Morgan fingerprint density at radius 3 is 3.25 bits per heavy atom. The summed E-state index contributed by atoms with van der Waals surface area (Å²) in [7, 11) is 2.15. The van der Waals surface area contributed by atoms with Crippen molar-refractivity contribution < 1.29 is 4.74 Å². The van der Waals surface area contributed by atoms with Crippen LogP contribution in [-0.2, 0) is 4.74 Å². The lowest BCUT2D eigenvalue weighted by molar-refractivity contribution is -0.0190. The number of likely N-dealkylation sites (N-methyl/N-ethyl adjacent to an activating group) is 1. The maximum absolute atomic E-state index is 5.72. The molecule has 0 radical (unpaired) electrons. The minimum Gasteiger partial charge on any atom is -0.374 e. The smallest absolute Gasteiger partial charge is 0.0826 e. The average Bonchev–Trinajstić information content (AvgIpc) is 2.79. The van der Waals surface area contributed by atoms with Gasteiger partial charge in [0.2, 0.25) is 0 Å². The van der Waals surface area contributed by atoms with Gasteiger partial charge in [-0.05, 0) is 25.4 Å². The van der Waals surface area contributed by atoms with Crippen molar-refractivity contribution in [2.24, 2.45) is 0 Å². The Hall–Kier alpha value is -0.420. The van der Waals surface area contributed by atoms with Gasteiger partial charge >= 0.3 is 0 Å². The first-order valence-corrected chi connectivity index (χ1v) is 6.70. The molecule has 2 atom stereocenters. The topological polar surface area (TPSA) is 24.5 Å². The second-order valence-electron chi connectivity index (χ2n) is 4.40. The Bertz CT molecular complexity index is 302. The summed E-state index contributed by atoms with van der Waals surface area (Å²) in [5, 5.41) is 5.66. The molecule has 1 fully saturated rings. The number of ether oxygens (including phenoxy) is 1. The van der Waals surface area contributed by atoms with Gasteiger partial charge < -0.3 is 15.0 Å². The maximum atomic E-state index is 5.72. The molecule has 1 saturated heterocycles. The van der Waals surface area contributed by atoms with Crippen LogP contribution in [-0.4, -0.2) is 44.3 Å². The standard InChI is InChI=1S/C12H20N2OS/c1-10(12-4-3-7-16-12)13-8-11-9-14(2)5-6-15-11/h3-4,7,10-11,13H,5-6,8-9H2,1-2H3/t10-,11?/m0/s1. The molecule has 1 aromatic rings. The summed E-state index contributed by atoms with van der Waals surface area (Å²) in [6.45, 7) is 6.08. The van der Waals surface area contributed by atoms with Gasteiger partial charge in [0.05, 0.1) is 12.7 Å². The van der Waals surface area contributed by atoms with E-state index in [-0.39, 0.29) is 0 Å². The van der Waals surface area contributed by atoms with E-state index in [1.807, 2.05) is 0 Å². The van der Waals surface area contributed by atoms with E-state index in [4.69, 9.17) is 4.74 Å². The molecular weight excluding hydrogens is 220 g/mol. The average molecular weight is 240 g/mol. The predicted octanol–water partition coefficient (Wildman–Crippen LogP) is 1.73. The van der Waals surface area contributed by atoms with Crippen molar-refractivity contribution in [3.8, 4) is 0 Å². The van der Waals surface area contributed by atoms with Crippen LogP contribution in [0.4, 0.5) is 0 Å². The number of morpholine rings is 1. The Morgan fingerprint density at radius 2 is 2.56 bits per heavy atom. The summed E-state index contributed by atoms with van der Waals surface area (Å²) < 4.78 is 5.72. The second kappa shape index (κ2) is 5.77. The molecule has 4 heteroatoms. The summed E-state index contributed by atoms with van der Waals surface area (Å²) in [5.74, 6) is 0. The second-order valence-corrected chi connectivity index (χ2v) is 5.38. The van der Waals surface area contributed by atoms with E-state index in [2.05, 4.69) is 41.7 Å². The van der Waals surface area contributed by atoms with E-state index >= 15 is 0 Å². The van der Waals surface area contributed by atoms with Crippen LogP contribution in [0.2, 0.25) is 0 Å². The first-order chi connectivity index (χ1) is 7.75. The van der Waals surface area contributed by atoms with Gasteiger partial charge in [-0.15, -0.1) is 11.3 Å². The Labute approximate surface area is 101 Å². The lowest BCUT2D eigenvalue weighted by atomic mass is 10.2. The van der Waals surface area contributed by atoms with Gasteiger partial charge in [-0.3, -0.25) is 0 Å². The first-order valence-electron chi connectivity index (χ1n) is 5.82. The predicted molar refractivity (Wildman–Crippen MR) is 68.0 cm³/mol. The normalized spacial score (nSPS) is 24.5. The summed E-state index contributed by atoms with van der Waals surface area (Å²) >= 11 is 1.80. The quantitative estimate of drug-likeness (QED) is 0.867. The molecular formula is C12H20N2OS. The van der Waals surface area contributed by atoms with E-state index in [0.29, 0.717) is 12.1 Å². The number of nitrogens with one attached hydrogen (secondary N) is 1. The van der Waals surface area contributed by atoms with Gasteiger partial charge in [-0.25, -0.2) is 0 Å². The molecule has 1 unspecified atom stereocenters. The lowest BCUT2D eigenvalue weighted by Gasteiger charge is -2.30. The highest BCUT2D eigenvalue weighted by Crippen LogP contribution is 2.18. The summed E-state index contributed by atoms with van der Waals surface area (Å²) in [4.78, 5) is 3.72. The molecule has 16 heavy (non-hydrogen) atoms. The Balaban J connectivity index is 1.74. The molecule has 0 aromatic carbocycles. The fourth-order valence-electron chi connectivity index (χ4n) is 1.94. The van der Waals surface area contributed by atoms with Crippen LogP contribution in [0, 0.1) is 0 Å². The van der Waals surface area contributed by atoms with E-state index in [1.165, 1.54) is 4.88 Å². The van der Waals surface area contributed by atoms with Gasteiger partial charge in [0.1, 0.15) is 0 Å². The van der Waals surface area contributed by atoms with Crippen LogP contribution < -0.4 is 5.32 Å². The SMILES string of the molecule is C[C@H](NCC1CN(C)CCO1)c1cccs1. The van der Waals surface area contributed by atoms with E-state index < -0.39 is 0 Å². The third-order valence-corrected chi connectivity index (χ3v) is 4.02. The zero-order valence-corrected chi connectivity index (χ0v) is 10.8.